The van der Waals surface area contributed by atoms with Crippen LogP contribution in [-0.2, 0) is 14.4 Å². The molecule has 0 aromatic heterocycles. The number of ether oxygens (including phenoxy) is 2. The first-order valence-corrected chi connectivity index (χ1v) is 9.72. The number of anilines is 1. The number of nitrogens with one attached hydrogen (secondary N) is 3. The fourth-order valence-electron chi connectivity index (χ4n) is 2.49. The van der Waals surface area contributed by atoms with E-state index in [0.717, 1.165) is 5.56 Å². The van der Waals surface area contributed by atoms with Crippen LogP contribution in [0.25, 0.3) is 0 Å². The summed E-state index contributed by atoms with van der Waals surface area (Å²) in [6, 6.07) is 14.3. The van der Waals surface area contributed by atoms with E-state index in [2.05, 4.69) is 16.2 Å². The van der Waals surface area contributed by atoms with Gasteiger partial charge in [-0.25, -0.2) is 0 Å². The number of aryl methyl sites for hydroxylation is 1. The van der Waals surface area contributed by atoms with Gasteiger partial charge in [-0.1, -0.05) is 12.1 Å². The Balaban J connectivity index is 1.68. The second-order valence-electron chi connectivity index (χ2n) is 6.62. The third-order valence-corrected chi connectivity index (χ3v) is 4.02. The van der Waals surface area contributed by atoms with Gasteiger partial charge >= 0.3 is 0 Å². The standard InChI is InChI=1S/C22H27N3O5/c1-4-29-18-10-8-17(9-11-18)23-20(26)12-13-21(27)24-25-22(28)16(3)30-19-7-5-6-15(2)14-19/h5-11,14,16H,4,12-13H2,1-3H3,(H,23,26)(H,24,27)(H,25,28). The number of hydrogen-bond donors (Lipinski definition) is 3. The Morgan fingerprint density at radius 3 is 2.30 bits per heavy atom. The van der Waals surface area contributed by atoms with E-state index in [0.29, 0.717) is 23.8 Å². The normalized spacial score (nSPS) is 11.2. The molecule has 0 aliphatic heterocycles. The fraction of sp³-hybridized carbons (Fsp3) is 0.318. The molecule has 30 heavy (non-hydrogen) atoms. The van der Waals surface area contributed by atoms with E-state index in [-0.39, 0.29) is 18.7 Å². The van der Waals surface area contributed by atoms with Gasteiger partial charge in [0.05, 0.1) is 6.61 Å². The van der Waals surface area contributed by atoms with Gasteiger partial charge in [0, 0.05) is 18.5 Å². The summed E-state index contributed by atoms with van der Waals surface area (Å²) < 4.78 is 10.9. The van der Waals surface area contributed by atoms with Crippen LogP contribution >= 0.6 is 0 Å². The van der Waals surface area contributed by atoms with Crippen LogP contribution in [-0.4, -0.2) is 30.4 Å². The molecule has 0 saturated heterocycles. The average Bonchev–Trinajstić information content (AvgIpc) is 2.72. The van der Waals surface area contributed by atoms with Crippen LogP contribution in [0.5, 0.6) is 11.5 Å². The molecular formula is C22H27N3O5. The Labute approximate surface area is 175 Å². The van der Waals surface area contributed by atoms with Crippen LogP contribution in [0.1, 0.15) is 32.3 Å². The van der Waals surface area contributed by atoms with Crippen LogP contribution in [0.3, 0.4) is 0 Å². The zero-order chi connectivity index (χ0) is 21.9. The predicted molar refractivity (Wildman–Crippen MR) is 113 cm³/mol. The van der Waals surface area contributed by atoms with Crippen molar-refractivity contribution in [2.75, 3.05) is 11.9 Å². The van der Waals surface area contributed by atoms with Gasteiger partial charge in [0.1, 0.15) is 11.5 Å². The van der Waals surface area contributed by atoms with E-state index in [1.165, 1.54) is 0 Å². The molecule has 2 aromatic carbocycles. The molecule has 0 heterocycles. The highest BCUT2D eigenvalue weighted by atomic mass is 16.5. The molecule has 0 saturated carbocycles. The minimum atomic E-state index is -0.796. The Morgan fingerprint density at radius 1 is 0.933 bits per heavy atom. The van der Waals surface area contributed by atoms with Crippen molar-refractivity contribution in [1.82, 2.24) is 10.9 Å². The number of hydrogen-bond acceptors (Lipinski definition) is 5. The third kappa shape index (κ3) is 7.83. The van der Waals surface area contributed by atoms with Crippen molar-refractivity contribution in [3.8, 4) is 11.5 Å². The summed E-state index contributed by atoms with van der Waals surface area (Å²) in [4.78, 5) is 35.9. The van der Waals surface area contributed by atoms with Crippen LogP contribution in [0, 0.1) is 6.92 Å². The fourth-order valence-corrected chi connectivity index (χ4v) is 2.49. The van der Waals surface area contributed by atoms with Crippen molar-refractivity contribution in [3.63, 3.8) is 0 Å². The van der Waals surface area contributed by atoms with Gasteiger partial charge in [-0.15, -0.1) is 0 Å². The first-order chi connectivity index (χ1) is 14.4. The molecule has 160 valence electrons. The number of amides is 3. The maximum absolute atomic E-state index is 12.0. The van der Waals surface area contributed by atoms with E-state index in [9.17, 15) is 14.4 Å². The number of benzene rings is 2. The first kappa shape index (κ1) is 22.7. The van der Waals surface area contributed by atoms with Crippen molar-refractivity contribution in [2.45, 2.75) is 39.7 Å². The molecule has 0 fully saturated rings. The summed E-state index contributed by atoms with van der Waals surface area (Å²) in [6.45, 7) is 5.95. The number of rotatable bonds is 9. The average molecular weight is 413 g/mol. The molecule has 1 atom stereocenters. The first-order valence-electron chi connectivity index (χ1n) is 9.72. The van der Waals surface area contributed by atoms with Gasteiger partial charge in [0.25, 0.3) is 5.91 Å². The molecule has 3 amide bonds. The largest absolute Gasteiger partial charge is 0.494 e. The lowest BCUT2D eigenvalue weighted by molar-refractivity contribution is -0.133. The summed E-state index contributed by atoms with van der Waals surface area (Å²) in [5.74, 6) is -0.00501. The van der Waals surface area contributed by atoms with E-state index < -0.39 is 17.9 Å². The zero-order valence-corrected chi connectivity index (χ0v) is 17.4. The molecule has 0 radical (unpaired) electrons. The molecular weight excluding hydrogens is 386 g/mol. The van der Waals surface area contributed by atoms with Gasteiger partial charge in [0.2, 0.25) is 11.8 Å². The summed E-state index contributed by atoms with van der Waals surface area (Å²) in [7, 11) is 0. The van der Waals surface area contributed by atoms with Crippen molar-refractivity contribution < 1.29 is 23.9 Å². The highest BCUT2D eigenvalue weighted by Crippen LogP contribution is 2.16. The smallest absolute Gasteiger partial charge is 0.279 e. The molecule has 0 spiro atoms. The monoisotopic (exact) mass is 413 g/mol. The van der Waals surface area contributed by atoms with Crippen molar-refractivity contribution in [2.24, 2.45) is 0 Å². The van der Waals surface area contributed by atoms with E-state index in [4.69, 9.17) is 9.47 Å². The molecule has 0 aliphatic rings. The minimum absolute atomic E-state index is 0.0236. The van der Waals surface area contributed by atoms with Crippen molar-refractivity contribution in [1.29, 1.82) is 0 Å². The van der Waals surface area contributed by atoms with Crippen molar-refractivity contribution in [3.05, 3.63) is 54.1 Å². The highest BCUT2D eigenvalue weighted by molar-refractivity contribution is 5.93. The summed E-state index contributed by atoms with van der Waals surface area (Å²) >= 11 is 0. The molecule has 2 aromatic rings. The molecule has 0 aliphatic carbocycles. The molecule has 3 N–H and O–H groups in total. The number of carbonyl (C=O) groups excluding carboxylic acids is 3. The summed E-state index contributed by atoms with van der Waals surface area (Å²) in [6.07, 6.45) is -0.893. The van der Waals surface area contributed by atoms with Crippen LogP contribution < -0.4 is 25.6 Å². The summed E-state index contributed by atoms with van der Waals surface area (Å²) in [5.41, 5.74) is 6.21. The molecule has 8 heteroatoms. The third-order valence-electron chi connectivity index (χ3n) is 4.02. The highest BCUT2D eigenvalue weighted by Gasteiger charge is 2.16. The molecule has 2 rings (SSSR count). The molecule has 0 bridgehead atoms. The maximum Gasteiger partial charge on any atom is 0.279 e. The van der Waals surface area contributed by atoms with Gasteiger partial charge in [0.15, 0.2) is 6.10 Å². The lowest BCUT2D eigenvalue weighted by Crippen LogP contribution is -2.47. The lowest BCUT2D eigenvalue weighted by atomic mass is 10.2. The summed E-state index contributed by atoms with van der Waals surface area (Å²) in [5, 5.41) is 2.70. The Hall–Kier alpha value is -3.55. The maximum atomic E-state index is 12.0. The molecule has 1 unspecified atom stereocenters. The Morgan fingerprint density at radius 2 is 1.63 bits per heavy atom. The SMILES string of the molecule is CCOc1ccc(NC(=O)CCC(=O)NNC(=O)C(C)Oc2cccc(C)c2)cc1. The Bertz CT molecular complexity index is 867. The van der Waals surface area contributed by atoms with E-state index in [1.54, 1.807) is 37.3 Å². The predicted octanol–water partition coefficient (Wildman–Crippen LogP) is 2.73. The van der Waals surface area contributed by atoms with E-state index >= 15 is 0 Å². The van der Waals surface area contributed by atoms with Gasteiger partial charge in [-0.05, 0) is 62.7 Å². The number of hydrazine groups is 1. The van der Waals surface area contributed by atoms with Gasteiger partial charge in [-0.3, -0.25) is 25.2 Å². The lowest BCUT2D eigenvalue weighted by Gasteiger charge is -2.15. The second kappa shape index (κ2) is 11.5. The Kier molecular flexibility index (Phi) is 8.68. The zero-order valence-electron chi connectivity index (χ0n) is 17.4. The van der Waals surface area contributed by atoms with Crippen molar-refractivity contribution >= 4 is 23.4 Å². The van der Waals surface area contributed by atoms with Gasteiger partial charge < -0.3 is 14.8 Å². The second-order valence-corrected chi connectivity index (χ2v) is 6.62. The van der Waals surface area contributed by atoms with Gasteiger partial charge in [-0.2, -0.15) is 0 Å². The number of carbonyl (C=O) groups is 3. The minimum Gasteiger partial charge on any atom is -0.494 e. The topological polar surface area (TPSA) is 106 Å². The van der Waals surface area contributed by atoms with Crippen LogP contribution in [0.15, 0.2) is 48.5 Å². The quantitative estimate of drug-likeness (QED) is 0.548. The molecule has 8 nitrogen and oxygen atoms in total. The van der Waals surface area contributed by atoms with E-state index in [1.807, 2.05) is 32.0 Å². The van der Waals surface area contributed by atoms with Crippen LogP contribution in [0.2, 0.25) is 0 Å². The van der Waals surface area contributed by atoms with Crippen LogP contribution in [0.4, 0.5) is 5.69 Å².